The van der Waals surface area contributed by atoms with Crippen LogP contribution in [0.1, 0.15) is 40.5 Å². The van der Waals surface area contributed by atoms with Crippen molar-refractivity contribution in [2.45, 2.75) is 57.2 Å². The maximum absolute atomic E-state index is 6.04. The maximum atomic E-state index is 6.04. The number of hydrogen-bond donors (Lipinski definition) is 1. The van der Waals surface area contributed by atoms with Crippen molar-refractivity contribution < 1.29 is 9.31 Å². The Labute approximate surface area is 80.1 Å². The van der Waals surface area contributed by atoms with Crippen LogP contribution >= 0.6 is 0 Å². The normalized spacial score (nSPS) is 33.5. The van der Waals surface area contributed by atoms with Gasteiger partial charge in [0.15, 0.2) is 0 Å². The van der Waals surface area contributed by atoms with Crippen LogP contribution in [0.15, 0.2) is 0 Å². The van der Waals surface area contributed by atoms with Crippen LogP contribution in [0.3, 0.4) is 0 Å². The Morgan fingerprint density at radius 3 is 1.69 bits per heavy atom. The van der Waals surface area contributed by atoms with Gasteiger partial charge in [0.1, 0.15) is 0 Å². The molecule has 2 N–H and O–H groups in total. The molecule has 0 spiro atoms. The molecule has 0 aromatic heterocycles. The van der Waals surface area contributed by atoms with E-state index in [0.29, 0.717) is 0 Å². The minimum atomic E-state index is -0.243. The lowest BCUT2D eigenvalue weighted by molar-refractivity contribution is 0.00578. The highest BCUT2D eigenvalue weighted by atomic mass is 16.7. The molecule has 0 atom stereocenters. The van der Waals surface area contributed by atoms with Crippen molar-refractivity contribution in [2.24, 2.45) is 5.73 Å². The lowest BCUT2D eigenvalue weighted by Crippen LogP contribution is -2.43. The van der Waals surface area contributed by atoms with E-state index >= 15 is 0 Å². The molecule has 0 aromatic rings. The van der Waals surface area contributed by atoms with Crippen LogP contribution in [0.5, 0.6) is 0 Å². The highest BCUT2D eigenvalue weighted by Gasteiger charge is 2.62. The van der Waals surface area contributed by atoms with Crippen molar-refractivity contribution in [1.82, 2.24) is 0 Å². The van der Waals surface area contributed by atoms with E-state index in [-0.39, 0.29) is 23.8 Å². The zero-order valence-electron chi connectivity index (χ0n) is 8.89. The molecule has 1 saturated carbocycles. The van der Waals surface area contributed by atoms with Crippen molar-refractivity contribution >= 4 is 7.12 Å². The number of rotatable bonds is 1. The van der Waals surface area contributed by atoms with Crippen LogP contribution in [0.25, 0.3) is 0 Å². The lowest BCUT2D eigenvalue weighted by atomic mass is 9.76. The van der Waals surface area contributed by atoms with E-state index in [0.717, 1.165) is 12.8 Å². The van der Waals surface area contributed by atoms with Gasteiger partial charge in [0.2, 0.25) is 0 Å². The molecule has 1 saturated heterocycles. The quantitative estimate of drug-likeness (QED) is 0.619. The van der Waals surface area contributed by atoms with Gasteiger partial charge in [-0.2, -0.15) is 0 Å². The molecule has 4 heteroatoms. The fourth-order valence-electron chi connectivity index (χ4n) is 1.46. The van der Waals surface area contributed by atoms with Crippen LogP contribution in [-0.2, 0) is 9.31 Å². The van der Waals surface area contributed by atoms with Crippen molar-refractivity contribution in [3.63, 3.8) is 0 Å². The monoisotopic (exact) mass is 183 g/mol. The molecule has 1 heterocycles. The predicted molar refractivity (Wildman–Crippen MR) is 52.2 cm³/mol. The molecule has 3 nitrogen and oxygen atoms in total. The molecule has 0 unspecified atom stereocenters. The maximum Gasteiger partial charge on any atom is 0.479 e. The van der Waals surface area contributed by atoms with Gasteiger partial charge in [-0.15, -0.1) is 0 Å². The first-order valence-corrected chi connectivity index (χ1v) is 4.91. The van der Waals surface area contributed by atoms with Crippen LogP contribution in [0.2, 0.25) is 0 Å². The van der Waals surface area contributed by atoms with Crippen molar-refractivity contribution in [1.29, 1.82) is 0 Å². The average molecular weight is 183 g/mol. The zero-order chi connectivity index (χ0) is 9.91. The largest absolute Gasteiger partial charge is 0.479 e. The summed E-state index contributed by atoms with van der Waals surface area (Å²) in [7, 11) is -0.211. The SMILES string of the molecule is CC1(C)OB(C2(N)CC2)OC1(C)C. The Morgan fingerprint density at radius 1 is 1.00 bits per heavy atom. The van der Waals surface area contributed by atoms with Gasteiger partial charge < -0.3 is 15.0 Å². The smallest absolute Gasteiger partial charge is 0.402 e. The Morgan fingerprint density at radius 2 is 1.38 bits per heavy atom. The lowest BCUT2D eigenvalue weighted by Gasteiger charge is -2.32. The molecule has 0 bridgehead atoms. The highest BCUT2D eigenvalue weighted by molar-refractivity contribution is 6.51. The Hall–Kier alpha value is -0.0551. The third kappa shape index (κ3) is 1.32. The predicted octanol–water partition coefficient (Wildman–Crippen LogP) is 1.11. The van der Waals surface area contributed by atoms with E-state index < -0.39 is 0 Å². The Kier molecular flexibility index (Phi) is 1.68. The molecule has 2 fully saturated rings. The second kappa shape index (κ2) is 2.30. The summed E-state index contributed by atoms with van der Waals surface area (Å²) < 4.78 is 11.7. The van der Waals surface area contributed by atoms with Gasteiger partial charge in [-0.1, -0.05) is 0 Å². The van der Waals surface area contributed by atoms with Crippen molar-refractivity contribution in [3.8, 4) is 0 Å². The van der Waals surface area contributed by atoms with Crippen LogP contribution in [0.4, 0.5) is 0 Å². The molecule has 1 aliphatic carbocycles. The molecular formula is C9H18BNO2. The third-order valence-corrected chi connectivity index (χ3v) is 3.55. The molecule has 0 amide bonds. The van der Waals surface area contributed by atoms with E-state index in [9.17, 15) is 0 Å². The van der Waals surface area contributed by atoms with Crippen LogP contribution in [-0.4, -0.2) is 23.8 Å². The second-order valence-electron chi connectivity index (χ2n) is 5.32. The standard InChI is InChI=1S/C9H18BNO2/c1-7(2)8(3,4)13-10(12-7)9(11)5-6-9/h5-6,11H2,1-4H3. The third-order valence-electron chi connectivity index (χ3n) is 3.55. The summed E-state index contributed by atoms with van der Waals surface area (Å²) in [5.74, 6) is 0. The molecule has 0 aromatic carbocycles. The van der Waals surface area contributed by atoms with Crippen molar-refractivity contribution in [2.75, 3.05) is 0 Å². The highest BCUT2D eigenvalue weighted by Crippen LogP contribution is 2.45. The molecule has 0 radical (unpaired) electrons. The molecule has 1 aliphatic heterocycles. The van der Waals surface area contributed by atoms with E-state index in [4.69, 9.17) is 15.0 Å². The molecule has 74 valence electrons. The van der Waals surface area contributed by atoms with E-state index in [2.05, 4.69) is 27.7 Å². The summed E-state index contributed by atoms with van der Waals surface area (Å²) >= 11 is 0. The summed E-state index contributed by atoms with van der Waals surface area (Å²) in [6.07, 6.45) is 2.04. The first kappa shape index (κ1) is 9.50. The first-order valence-electron chi connectivity index (χ1n) is 4.91. The topological polar surface area (TPSA) is 44.5 Å². The minimum absolute atomic E-state index is 0.203. The van der Waals surface area contributed by atoms with Gasteiger partial charge in [-0.3, -0.25) is 0 Å². The fraction of sp³-hybridized carbons (Fsp3) is 1.00. The summed E-state index contributed by atoms with van der Waals surface area (Å²) in [5.41, 5.74) is 5.35. The Bertz CT molecular complexity index is 220. The number of hydrogen-bond acceptors (Lipinski definition) is 3. The summed E-state index contributed by atoms with van der Waals surface area (Å²) in [5, 5.41) is 0. The van der Waals surface area contributed by atoms with Crippen LogP contribution < -0.4 is 5.73 Å². The van der Waals surface area contributed by atoms with E-state index in [1.165, 1.54) is 0 Å². The average Bonchev–Trinajstić information content (AvgIpc) is 2.61. The molecule has 2 rings (SSSR count). The second-order valence-corrected chi connectivity index (χ2v) is 5.32. The summed E-state index contributed by atoms with van der Waals surface area (Å²) in [4.78, 5) is 0. The van der Waals surface area contributed by atoms with Gasteiger partial charge >= 0.3 is 7.12 Å². The molecular weight excluding hydrogens is 165 g/mol. The minimum Gasteiger partial charge on any atom is -0.402 e. The zero-order valence-corrected chi connectivity index (χ0v) is 8.89. The van der Waals surface area contributed by atoms with Gasteiger partial charge in [-0.05, 0) is 40.5 Å². The van der Waals surface area contributed by atoms with Gasteiger partial charge in [0.05, 0.1) is 16.6 Å². The summed E-state index contributed by atoms with van der Waals surface area (Å²) in [6, 6.07) is 0. The van der Waals surface area contributed by atoms with E-state index in [1.54, 1.807) is 0 Å². The Balaban J connectivity index is 2.15. The summed E-state index contributed by atoms with van der Waals surface area (Å²) in [6.45, 7) is 8.22. The van der Waals surface area contributed by atoms with Crippen molar-refractivity contribution in [3.05, 3.63) is 0 Å². The fourth-order valence-corrected chi connectivity index (χ4v) is 1.46. The molecule has 13 heavy (non-hydrogen) atoms. The van der Waals surface area contributed by atoms with Gasteiger partial charge in [0, 0.05) is 0 Å². The molecule has 2 aliphatic rings. The van der Waals surface area contributed by atoms with Crippen LogP contribution in [0, 0.1) is 0 Å². The van der Waals surface area contributed by atoms with E-state index in [1.807, 2.05) is 0 Å². The first-order chi connectivity index (χ1) is 5.77. The number of nitrogens with two attached hydrogens (primary N) is 1. The van der Waals surface area contributed by atoms with Gasteiger partial charge in [-0.25, -0.2) is 0 Å². The van der Waals surface area contributed by atoms with Gasteiger partial charge in [0.25, 0.3) is 0 Å².